The van der Waals surface area contributed by atoms with Crippen LogP contribution in [0.4, 0.5) is 0 Å². The lowest BCUT2D eigenvalue weighted by molar-refractivity contribution is 0.0904. The van der Waals surface area contributed by atoms with Gasteiger partial charge in [0.25, 0.3) is 0 Å². The molecule has 1 spiro atoms. The quantitative estimate of drug-likeness (QED) is 0.780. The van der Waals surface area contributed by atoms with Crippen LogP contribution in [0.3, 0.4) is 0 Å². The fourth-order valence-electron chi connectivity index (χ4n) is 3.57. The second-order valence-electron chi connectivity index (χ2n) is 5.79. The molecular weight excluding hydrogens is 288 g/mol. The SMILES string of the molecule is CCC1CCCC2(C1)NC=C1C(C)=CC(Br)=CN12. The molecule has 18 heavy (non-hydrogen) atoms. The summed E-state index contributed by atoms with van der Waals surface area (Å²) in [6.45, 7) is 4.51. The van der Waals surface area contributed by atoms with Crippen LogP contribution < -0.4 is 5.32 Å². The smallest absolute Gasteiger partial charge is 0.114 e. The van der Waals surface area contributed by atoms with E-state index >= 15 is 0 Å². The van der Waals surface area contributed by atoms with Gasteiger partial charge in [-0.2, -0.15) is 0 Å². The summed E-state index contributed by atoms with van der Waals surface area (Å²) < 4.78 is 1.18. The van der Waals surface area contributed by atoms with Crippen molar-refractivity contribution >= 4 is 15.9 Å². The molecule has 2 aliphatic heterocycles. The second kappa shape index (κ2) is 4.44. The summed E-state index contributed by atoms with van der Waals surface area (Å²) in [6.07, 6.45) is 13.2. The molecule has 98 valence electrons. The molecule has 0 radical (unpaired) electrons. The maximum atomic E-state index is 3.69. The van der Waals surface area contributed by atoms with Crippen molar-refractivity contribution in [1.29, 1.82) is 0 Å². The highest BCUT2D eigenvalue weighted by Crippen LogP contribution is 2.44. The predicted octanol–water partition coefficient (Wildman–Crippen LogP) is 4.23. The number of allylic oxidation sites excluding steroid dienone is 3. The van der Waals surface area contributed by atoms with E-state index in [1.54, 1.807) is 0 Å². The summed E-state index contributed by atoms with van der Waals surface area (Å²) in [7, 11) is 0. The molecule has 3 rings (SSSR count). The molecular formula is C15H21BrN2. The Morgan fingerprint density at radius 1 is 1.56 bits per heavy atom. The zero-order valence-electron chi connectivity index (χ0n) is 11.2. The number of hydrogen-bond acceptors (Lipinski definition) is 2. The molecule has 2 atom stereocenters. The van der Waals surface area contributed by atoms with Gasteiger partial charge in [0, 0.05) is 16.9 Å². The maximum absolute atomic E-state index is 3.69. The monoisotopic (exact) mass is 308 g/mol. The van der Waals surface area contributed by atoms with E-state index in [-0.39, 0.29) is 5.66 Å². The van der Waals surface area contributed by atoms with Gasteiger partial charge in [-0.25, -0.2) is 0 Å². The number of hydrogen-bond donors (Lipinski definition) is 1. The fraction of sp³-hybridized carbons (Fsp3) is 0.600. The fourth-order valence-corrected chi connectivity index (χ4v) is 4.12. The van der Waals surface area contributed by atoms with E-state index in [4.69, 9.17) is 0 Å². The largest absolute Gasteiger partial charge is 0.367 e. The maximum Gasteiger partial charge on any atom is 0.114 e. The summed E-state index contributed by atoms with van der Waals surface area (Å²) in [5.41, 5.74) is 2.82. The van der Waals surface area contributed by atoms with Crippen LogP contribution in [0.5, 0.6) is 0 Å². The van der Waals surface area contributed by atoms with Crippen LogP contribution >= 0.6 is 15.9 Å². The van der Waals surface area contributed by atoms with Crippen molar-refractivity contribution in [3.05, 3.63) is 34.2 Å². The van der Waals surface area contributed by atoms with Crippen molar-refractivity contribution in [2.24, 2.45) is 5.92 Å². The lowest BCUT2D eigenvalue weighted by Gasteiger charge is -2.46. The Morgan fingerprint density at radius 3 is 3.17 bits per heavy atom. The van der Waals surface area contributed by atoms with Gasteiger partial charge in [-0.05, 0) is 59.7 Å². The third-order valence-corrected chi connectivity index (χ3v) is 5.05. The van der Waals surface area contributed by atoms with Crippen LogP contribution in [0.1, 0.15) is 46.0 Å². The third kappa shape index (κ3) is 1.83. The van der Waals surface area contributed by atoms with E-state index in [2.05, 4.69) is 58.5 Å². The number of nitrogens with zero attached hydrogens (tertiary/aromatic N) is 1. The highest BCUT2D eigenvalue weighted by atomic mass is 79.9. The molecule has 0 amide bonds. The van der Waals surface area contributed by atoms with E-state index in [1.165, 1.54) is 47.9 Å². The van der Waals surface area contributed by atoms with E-state index in [0.29, 0.717) is 0 Å². The van der Waals surface area contributed by atoms with Crippen molar-refractivity contribution in [2.45, 2.75) is 51.6 Å². The topological polar surface area (TPSA) is 15.3 Å². The van der Waals surface area contributed by atoms with Gasteiger partial charge in [0.15, 0.2) is 0 Å². The summed E-state index contributed by atoms with van der Waals surface area (Å²) >= 11 is 3.64. The Hall–Kier alpha value is -0.700. The molecule has 1 saturated carbocycles. The summed E-state index contributed by atoms with van der Waals surface area (Å²) in [4.78, 5) is 2.47. The van der Waals surface area contributed by atoms with E-state index in [1.807, 2.05) is 0 Å². The molecule has 0 aromatic carbocycles. The number of fused-ring (bicyclic) bond motifs is 2. The van der Waals surface area contributed by atoms with E-state index < -0.39 is 0 Å². The van der Waals surface area contributed by atoms with Gasteiger partial charge >= 0.3 is 0 Å². The van der Waals surface area contributed by atoms with Gasteiger partial charge < -0.3 is 10.2 Å². The first-order valence-corrected chi connectivity index (χ1v) is 7.77. The molecule has 0 bridgehead atoms. The second-order valence-corrected chi connectivity index (χ2v) is 6.70. The van der Waals surface area contributed by atoms with Crippen LogP contribution in [-0.2, 0) is 0 Å². The highest BCUT2D eigenvalue weighted by molar-refractivity contribution is 9.11. The lowest BCUT2D eigenvalue weighted by Crippen LogP contribution is -2.53. The Balaban J connectivity index is 1.91. The average Bonchev–Trinajstić information content (AvgIpc) is 2.69. The molecule has 3 aliphatic rings. The standard InChI is InChI=1S/C15H21BrN2/c1-3-12-5-4-6-15(8-12)17-9-14-11(2)7-13(16)10-18(14)15/h7,9-10,12,17H,3-6,8H2,1-2H3. The van der Waals surface area contributed by atoms with Crippen molar-refractivity contribution in [3.63, 3.8) is 0 Å². The third-order valence-electron chi connectivity index (χ3n) is 4.62. The van der Waals surface area contributed by atoms with Crippen LogP contribution in [0.15, 0.2) is 34.2 Å². The minimum atomic E-state index is 0.142. The van der Waals surface area contributed by atoms with Crippen LogP contribution in [0.25, 0.3) is 0 Å². The average molecular weight is 309 g/mol. The lowest BCUT2D eigenvalue weighted by atomic mass is 9.79. The minimum Gasteiger partial charge on any atom is -0.367 e. The highest BCUT2D eigenvalue weighted by Gasteiger charge is 2.44. The summed E-state index contributed by atoms with van der Waals surface area (Å²) in [5, 5.41) is 3.69. The van der Waals surface area contributed by atoms with Crippen LogP contribution in [0.2, 0.25) is 0 Å². The Bertz CT molecular complexity index is 449. The minimum absolute atomic E-state index is 0.142. The molecule has 1 fully saturated rings. The Kier molecular flexibility index (Phi) is 3.05. The molecule has 0 aromatic heterocycles. The zero-order chi connectivity index (χ0) is 12.8. The van der Waals surface area contributed by atoms with Gasteiger partial charge in [0.2, 0.25) is 0 Å². The van der Waals surface area contributed by atoms with E-state index in [0.717, 1.165) is 5.92 Å². The van der Waals surface area contributed by atoms with Gasteiger partial charge in [-0.1, -0.05) is 19.8 Å². The Morgan fingerprint density at radius 2 is 2.39 bits per heavy atom. The molecule has 1 aliphatic carbocycles. The first-order chi connectivity index (χ1) is 8.64. The van der Waals surface area contributed by atoms with Crippen LogP contribution in [-0.4, -0.2) is 10.6 Å². The summed E-state index contributed by atoms with van der Waals surface area (Å²) in [5.74, 6) is 0.859. The van der Waals surface area contributed by atoms with Crippen molar-refractivity contribution < 1.29 is 0 Å². The normalized spacial score (nSPS) is 34.7. The molecule has 3 heteroatoms. The van der Waals surface area contributed by atoms with Gasteiger partial charge in [0.05, 0.1) is 5.70 Å². The first-order valence-electron chi connectivity index (χ1n) is 6.98. The predicted molar refractivity (Wildman–Crippen MR) is 78.8 cm³/mol. The first kappa shape index (κ1) is 12.3. The zero-order valence-corrected chi connectivity index (χ0v) is 12.8. The molecule has 1 N–H and O–H groups in total. The summed E-state index contributed by atoms with van der Waals surface area (Å²) in [6, 6.07) is 0. The molecule has 2 unspecified atom stereocenters. The van der Waals surface area contributed by atoms with Crippen molar-refractivity contribution in [3.8, 4) is 0 Å². The van der Waals surface area contributed by atoms with E-state index in [9.17, 15) is 0 Å². The molecule has 2 heterocycles. The van der Waals surface area contributed by atoms with Crippen molar-refractivity contribution in [2.75, 3.05) is 0 Å². The number of rotatable bonds is 1. The van der Waals surface area contributed by atoms with Crippen molar-refractivity contribution in [1.82, 2.24) is 10.2 Å². The van der Waals surface area contributed by atoms with Crippen LogP contribution in [0, 0.1) is 5.92 Å². The molecule has 2 nitrogen and oxygen atoms in total. The molecule has 0 aromatic rings. The Labute approximate surface area is 118 Å². The molecule has 0 saturated heterocycles. The van der Waals surface area contributed by atoms with Gasteiger partial charge in [0.1, 0.15) is 5.66 Å². The number of halogens is 1. The van der Waals surface area contributed by atoms with Gasteiger partial charge in [-0.3, -0.25) is 0 Å². The van der Waals surface area contributed by atoms with Gasteiger partial charge in [-0.15, -0.1) is 0 Å². The number of nitrogens with one attached hydrogen (secondary N) is 1.